The third kappa shape index (κ3) is 3.14. The minimum absolute atomic E-state index is 0.0364. The number of morpholine rings is 2. The Hall–Kier alpha value is -1.63. The zero-order valence-corrected chi connectivity index (χ0v) is 13.9. The van der Waals surface area contributed by atoms with Crippen LogP contribution < -0.4 is 5.32 Å². The van der Waals surface area contributed by atoms with Gasteiger partial charge in [-0.3, -0.25) is 4.90 Å². The fourth-order valence-corrected chi connectivity index (χ4v) is 4.03. The number of rotatable bonds is 2. The summed E-state index contributed by atoms with van der Waals surface area (Å²) in [5, 5.41) is 3.29. The summed E-state index contributed by atoms with van der Waals surface area (Å²) in [7, 11) is 0. The molecule has 2 heterocycles. The van der Waals surface area contributed by atoms with Crippen molar-refractivity contribution in [2.75, 3.05) is 52.6 Å². The molecule has 0 aromatic heterocycles. The summed E-state index contributed by atoms with van der Waals surface area (Å²) in [6.07, 6.45) is 0.897. The fourth-order valence-electron chi connectivity index (χ4n) is 4.03. The maximum Gasteiger partial charge on any atom is 0.317 e. The molecule has 2 amide bonds. The molecule has 130 valence electrons. The lowest BCUT2D eigenvalue weighted by molar-refractivity contribution is 0.00970. The number of carbonyl (C=O) groups is 1. The molecule has 6 nitrogen and oxygen atoms in total. The minimum atomic E-state index is 0.0364. The molecular weight excluding hydrogens is 306 g/mol. The second-order valence-corrected chi connectivity index (χ2v) is 6.65. The first-order valence-corrected chi connectivity index (χ1v) is 8.86. The van der Waals surface area contributed by atoms with Crippen molar-refractivity contribution in [3.8, 4) is 0 Å². The van der Waals surface area contributed by atoms with E-state index in [9.17, 15) is 4.79 Å². The van der Waals surface area contributed by atoms with Gasteiger partial charge in [0, 0.05) is 26.2 Å². The molecule has 2 atom stereocenters. The molecule has 2 saturated heterocycles. The molecule has 4 rings (SSSR count). The number of ether oxygens (including phenoxy) is 2. The van der Waals surface area contributed by atoms with E-state index in [2.05, 4.69) is 34.5 Å². The molecule has 3 aliphatic rings. The molecule has 6 heteroatoms. The van der Waals surface area contributed by atoms with Crippen LogP contribution in [0.3, 0.4) is 0 Å². The normalized spacial score (nSPS) is 27.8. The smallest absolute Gasteiger partial charge is 0.317 e. The van der Waals surface area contributed by atoms with E-state index in [0.29, 0.717) is 26.3 Å². The van der Waals surface area contributed by atoms with Crippen LogP contribution in [0.5, 0.6) is 0 Å². The summed E-state index contributed by atoms with van der Waals surface area (Å²) in [6, 6.07) is 8.97. The van der Waals surface area contributed by atoms with Crippen molar-refractivity contribution in [2.45, 2.75) is 18.5 Å². The van der Waals surface area contributed by atoms with E-state index in [-0.39, 0.29) is 18.1 Å². The Morgan fingerprint density at radius 3 is 2.42 bits per heavy atom. The first-order valence-electron chi connectivity index (χ1n) is 8.86. The summed E-state index contributed by atoms with van der Waals surface area (Å²) in [5.41, 5.74) is 2.70. The summed E-state index contributed by atoms with van der Waals surface area (Å²) in [6.45, 7) is 5.98. The predicted octanol–water partition coefficient (Wildman–Crippen LogP) is 1.03. The van der Waals surface area contributed by atoms with Crippen LogP contribution in [0, 0.1) is 0 Å². The molecule has 1 aliphatic carbocycles. The van der Waals surface area contributed by atoms with E-state index in [1.54, 1.807) is 0 Å². The van der Waals surface area contributed by atoms with Crippen LogP contribution in [-0.2, 0) is 15.9 Å². The highest BCUT2D eigenvalue weighted by Crippen LogP contribution is 2.36. The van der Waals surface area contributed by atoms with Crippen molar-refractivity contribution in [3.05, 3.63) is 35.4 Å². The average molecular weight is 331 g/mol. The first kappa shape index (κ1) is 15.9. The zero-order valence-electron chi connectivity index (χ0n) is 13.9. The Kier molecular flexibility index (Phi) is 4.69. The molecule has 0 saturated carbocycles. The van der Waals surface area contributed by atoms with E-state index >= 15 is 0 Å². The number of benzene rings is 1. The SMILES string of the molecule is O=C(N[C@H]1Cc2ccccc2[C@H]1N1CCOCC1)N1CCOCC1. The Bertz CT molecular complexity index is 583. The van der Waals surface area contributed by atoms with Crippen LogP contribution in [-0.4, -0.2) is 74.5 Å². The number of amides is 2. The van der Waals surface area contributed by atoms with E-state index < -0.39 is 0 Å². The second kappa shape index (κ2) is 7.09. The third-order valence-corrected chi connectivity index (χ3v) is 5.24. The second-order valence-electron chi connectivity index (χ2n) is 6.65. The van der Waals surface area contributed by atoms with Crippen LogP contribution in [0.2, 0.25) is 0 Å². The van der Waals surface area contributed by atoms with Crippen LogP contribution in [0.1, 0.15) is 17.2 Å². The summed E-state index contributed by atoms with van der Waals surface area (Å²) < 4.78 is 10.9. The maximum atomic E-state index is 12.6. The van der Waals surface area contributed by atoms with E-state index in [0.717, 1.165) is 32.7 Å². The number of hydrogen-bond acceptors (Lipinski definition) is 4. The minimum Gasteiger partial charge on any atom is -0.379 e. The number of urea groups is 1. The third-order valence-electron chi connectivity index (χ3n) is 5.24. The van der Waals surface area contributed by atoms with Crippen molar-refractivity contribution < 1.29 is 14.3 Å². The van der Waals surface area contributed by atoms with Crippen molar-refractivity contribution in [2.24, 2.45) is 0 Å². The Morgan fingerprint density at radius 2 is 1.67 bits per heavy atom. The molecule has 0 bridgehead atoms. The van der Waals surface area contributed by atoms with Crippen molar-refractivity contribution >= 4 is 6.03 Å². The first-order chi connectivity index (χ1) is 11.8. The highest BCUT2D eigenvalue weighted by atomic mass is 16.5. The summed E-state index contributed by atoms with van der Waals surface area (Å²) in [4.78, 5) is 17.0. The summed E-state index contributed by atoms with van der Waals surface area (Å²) in [5.74, 6) is 0. The van der Waals surface area contributed by atoms with Gasteiger partial charge in [0.05, 0.1) is 38.5 Å². The molecule has 1 N–H and O–H groups in total. The fraction of sp³-hybridized carbons (Fsp3) is 0.611. The quantitative estimate of drug-likeness (QED) is 0.879. The lowest BCUT2D eigenvalue weighted by Crippen LogP contribution is -2.53. The molecule has 24 heavy (non-hydrogen) atoms. The molecule has 1 aromatic carbocycles. The number of nitrogens with one attached hydrogen (secondary N) is 1. The Labute approximate surface area is 142 Å². The van der Waals surface area contributed by atoms with Crippen molar-refractivity contribution in [1.82, 2.24) is 15.1 Å². The van der Waals surface area contributed by atoms with Gasteiger partial charge in [-0.05, 0) is 17.5 Å². The lowest BCUT2D eigenvalue weighted by Gasteiger charge is -2.37. The van der Waals surface area contributed by atoms with Gasteiger partial charge in [-0.15, -0.1) is 0 Å². The molecule has 1 aromatic rings. The van der Waals surface area contributed by atoms with E-state index in [1.807, 2.05) is 4.90 Å². The van der Waals surface area contributed by atoms with Gasteiger partial charge in [0.1, 0.15) is 0 Å². The predicted molar refractivity (Wildman–Crippen MR) is 90.0 cm³/mol. The van der Waals surface area contributed by atoms with Gasteiger partial charge in [0.2, 0.25) is 0 Å². The Balaban J connectivity index is 1.51. The zero-order chi connectivity index (χ0) is 16.4. The van der Waals surface area contributed by atoms with E-state index in [1.165, 1.54) is 11.1 Å². The lowest BCUT2D eigenvalue weighted by atomic mass is 10.0. The average Bonchev–Trinajstić information content (AvgIpc) is 3.01. The van der Waals surface area contributed by atoms with Gasteiger partial charge >= 0.3 is 6.03 Å². The molecular formula is C18H25N3O3. The summed E-state index contributed by atoms with van der Waals surface area (Å²) >= 11 is 0. The molecule has 2 fully saturated rings. The highest BCUT2D eigenvalue weighted by Gasteiger charge is 2.38. The standard InChI is InChI=1S/C18H25N3O3/c22-18(21-7-11-24-12-8-21)19-16-13-14-3-1-2-4-15(14)17(16)20-5-9-23-10-6-20/h1-4,16-17H,5-13H2,(H,19,22)/t16-,17+/m0/s1. The van der Waals surface area contributed by atoms with Gasteiger partial charge in [-0.1, -0.05) is 24.3 Å². The molecule has 0 radical (unpaired) electrons. The monoisotopic (exact) mass is 331 g/mol. The molecule has 0 spiro atoms. The van der Waals surface area contributed by atoms with Crippen molar-refractivity contribution in [1.29, 1.82) is 0 Å². The van der Waals surface area contributed by atoms with E-state index in [4.69, 9.17) is 9.47 Å². The number of fused-ring (bicyclic) bond motifs is 1. The van der Waals surface area contributed by atoms with Crippen LogP contribution >= 0.6 is 0 Å². The maximum absolute atomic E-state index is 12.6. The van der Waals surface area contributed by atoms with Crippen LogP contribution in [0.4, 0.5) is 4.79 Å². The number of carbonyl (C=O) groups excluding carboxylic acids is 1. The largest absolute Gasteiger partial charge is 0.379 e. The van der Waals surface area contributed by atoms with Crippen LogP contribution in [0.15, 0.2) is 24.3 Å². The van der Waals surface area contributed by atoms with Crippen molar-refractivity contribution in [3.63, 3.8) is 0 Å². The van der Waals surface area contributed by atoms with Crippen LogP contribution in [0.25, 0.3) is 0 Å². The molecule has 0 unspecified atom stereocenters. The Morgan fingerprint density at radius 1 is 1.00 bits per heavy atom. The van der Waals surface area contributed by atoms with Gasteiger partial charge in [-0.2, -0.15) is 0 Å². The van der Waals surface area contributed by atoms with Gasteiger partial charge in [0.25, 0.3) is 0 Å². The van der Waals surface area contributed by atoms with Gasteiger partial charge in [0.15, 0.2) is 0 Å². The van der Waals surface area contributed by atoms with Gasteiger partial charge in [-0.25, -0.2) is 4.79 Å². The highest BCUT2D eigenvalue weighted by molar-refractivity contribution is 5.75. The topological polar surface area (TPSA) is 54.0 Å². The number of nitrogens with zero attached hydrogens (tertiary/aromatic N) is 2. The van der Waals surface area contributed by atoms with Gasteiger partial charge < -0.3 is 19.7 Å². The number of hydrogen-bond donors (Lipinski definition) is 1. The molecule has 2 aliphatic heterocycles.